The van der Waals surface area contributed by atoms with Crippen molar-refractivity contribution in [3.05, 3.63) is 53.1 Å². The number of aryl methyl sites for hydroxylation is 1. The van der Waals surface area contributed by atoms with Gasteiger partial charge in [-0.1, -0.05) is 35.9 Å². The quantitative estimate of drug-likeness (QED) is 0.346. The van der Waals surface area contributed by atoms with Crippen LogP contribution in [0.4, 0.5) is 5.82 Å². The van der Waals surface area contributed by atoms with Crippen LogP contribution in [0.3, 0.4) is 0 Å². The van der Waals surface area contributed by atoms with Crippen LogP contribution in [0.1, 0.15) is 32.8 Å². The first-order valence-electron chi connectivity index (χ1n) is 10.9. The molecule has 0 aliphatic rings. The van der Waals surface area contributed by atoms with Gasteiger partial charge in [-0.15, -0.1) is 5.10 Å². The first kappa shape index (κ1) is 23.4. The van der Waals surface area contributed by atoms with E-state index in [1.807, 2.05) is 20.8 Å². The highest BCUT2D eigenvalue weighted by Gasteiger charge is 2.27. The summed E-state index contributed by atoms with van der Waals surface area (Å²) in [6, 6.07) is 12.1. The third-order valence-electron chi connectivity index (χ3n) is 5.24. The topological polar surface area (TPSA) is 98.5 Å². The minimum atomic E-state index is -3.91. The van der Waals surface area contributed by atoms with E-state index in [2.05, 4.69) is 20.6 Å². The lowest BCUT2D eigenvalue weighted by molar-refractivity contribution is 0.0787. The normalized spacial score (nSPS) is 12.2. The van der Waals surface area contributed by atoms with Gasteiger partial charge >= 0.3 is 0 Å². The molecule has 0 spiro atoms. The summed E-state index contributed by atoms with van der Waals surface area (Å²) in [6.07, 6.45) is 1.75. The fourth-order valence-electron chi connectivity index (χ4n) is 3.49. The predicted molar refractivity (Wildman–Crippen MR) is 129 cm³/mol. The molecule has 10 heteroatoms. The first-order chi connectivity index (χ1) is 15.8. The van der Waals surface area contributed by atoms with Crippen LogP contribution in [0.5, 0.6) is 0 Å². The summed E-state index contributed by atoms with van der Waals surface area (Å²) in [4.78, 5) is 4.76. The third kappa shape index (κ3) is 4.80. The van der Waals surface area contributed by atoms with E-state index in [9.17, 15) is 8.42 Å². The van der Waals surface area contributed by atoms with Crippen molar-refractivity contribution >= 4 is 43.8 Å². The van der Waals surface area contributed by atoms with Gasteiger partial charge in [0.15, 0.2) is 5.65 Å². The molecule has 4 rings (SSSR count). The molecular formula is C23H26ClN5O3S. The number of halogens is 1. The molecular weight excluding hydrogens is 462 g/mol. The van der Waals surface area contributed by atoms with E-state index in [0.717, 1.165) is 23.8 Å². The predicted octanol–water partition coefficient (Wildman–Crippen LogP) is 4.55. The van der Waals surface area contributed by atoms with Crippen LogP contribution in [0.25, 0.3) is 16.6 Å². The highest BCUT2D eigenvalue weighted by molar-refractivity contribution is 7.91. The molecule has 2 aromatic heterocycles. The van der Waals surface area contributed by atoms with Gasteiger partial charge in [0.05, 0.1) is 16.5 Å². The van der Waals surface area contributed by atoms with Crippen LogP contribution in [0, 0.1) is 0 Å². The largest absolute Gasteiger partial charge is 0.379 e. The van der Waals surface area contributed by atoms with Crippen molar-refractivity contribution < 1.29 is 13.2 Å². The van der Waals surface area contributed by atoms with Gasteiger partial charge < -0.3 is 10.1 Å². The lowest BCUT2D eigenvalue weighted by Gasteiger charge is -2.12. The van der Waals surface area contributed by atoms with Crippen molar-refractivity contribution in [3.8, 4) is 0 Å². The molecule has 2 aromatic carbocycles. The number of nitrogens with one attached hydrogen (secondary N) is 1. The Bertz CT molecular complexity index is 1390. The molecule has 8 nitrogen and oxygen atoms in total. The molecule has 0 aliphatic heterocycles. The number of aromatic nitrogens is 4. The molecule has 0 unspecified atom stereocenters. The van der Waals surface area contributed by atoms with Gasteiger partial charge in [0.1, 0.15) is 5.82 Å². The van der Waals surface area contributed by atoms with E-state index in [-0.39, 0.29) is 21.7 Å². The molecule has 0 amide bonds. The summed E-state index contributed by atoms with van der Waals surface area (Å²) >= 11 is 6.23. The molecule has 174 valence electrons. The van der Waals surface area contributed by atoms with Gasteiger partial charge in [-0.05, 0) is 62.6 Å². The molecule has 2 heterocycles. The Morgan fingerprint density at radius 1 is 1.15 bits per heavy atom. The van der Waals surface area contributed by atoms with Crippen LogP contribution >= 0.6 is 11.6 Å². The van der Waals surface area contributed by atoms with Crippen molar-refractivity contribution in [2.45, 2.75) is 49.6 Å². The van der Waals surface area contributed by atoms with Gasteiger partial charge in [0.2, 0.25) is 14.9 Å². The van der Waals surface area contributed by atoms with Gasteiger partial charge in [-0.2, -0.15) is 4.52 Å². The van der Waals surface area contributed by atoms with E-state index in [0.29, 0.717) is 29.5 Å². The summed E-state index contributed by atoms with van der Waals surface area (Å²) < 4.78 is 33.7. The second-order valence-corrected chi connectivity index (χ2v) is 10.3. The van der Waals surface area contributed by atoms with E-state index in [1.165, 1.54) is 4.52 Å². The summed E-state index contributed by atoms with van der Waals surface area (Å²) in [6.45, 7) is 7.19. The van der Waals surface area contributed by atoms with Crippen molar-refractivity contribution in [1.29, 1.82) is 0 Å². The maximum atomic E-state index is 13.4. The second kappa shape index (κ2) is 9.62. The zero-order valence-electron chi connectivity index (χ0n) is 18.7. The number of benzene rings is 2. The molecule has 1 N–H and O–H groups in total. The molecule has 0 saturated heterocycles. The van der Waals surface area contributed by atoms with Crippen molar-refractivity contribution in [2.24, 2.45) is 0 Å². The molecule has 0 bridgehead atoms. The van der Waals surface area contributed by atoms with Crippen LogP contribution in [0.2, 0.25) is 5.02 Å². The van der Waals surface area contributed by atoms with Crippen LogP contribution in [-0.2, 0) is 21.0 Å². The maximum Gasteiger partial charge on any atom is 0.229 e. The number of sulfone groups is 1. The summed E-state index contributed by atoms with van der Waals surface area (Å²) in [5.41, 5.74) is 1.86. The Labute approximate surface area is 197 Å². The van der Waals surface area contributed by atoms with Crippen LogP contribution < -0.4 is 5.32 Å². The second-order valence-electron chi connectivity index (χ2n) is 7.95. The Kier molecular flexibility index (Phi) is 6.83. The number of anilines is 1. The highest BCUT2D eigenvalue weighted by Crippen LogP contribution is 2.29. The summed E-state index contributed by atoms with van der Waals surface area (Å²) in [5.74, 6) is 0.518. The Morgan fingerprint density at radius 2 is 1.91 bits per heavy atom. The lowest BCUT2D eigenvalue weighted by atomic mass is 10.2. The maximum absolute atomic E-state index is 13.4. The van der Waals surface area contributed by atoms with Crippen molar-refractivity contribution in [1.82, 2.24) is 19.8 Å². The smallest absolute Gasteiger partial charge is 0.229 e. The Morgan fingerprint density at radius 3 is 2.61 bits per heavy atom. The van der Waals surface area contributed by atoms with Gasteiger partial charge in [-0.25, -0.2) is 13.4 Å². The Hall–Kier alpha value is -2.75. The molecule has 0 radical (unpaired) electrons. The van der Waals surface area contributed by atoms with Gasteiger partial charge in [-0.3, -0.25) is 0 Å². The Balaban J connectivity index is 1.77. The highest BCUT2D eigenvalue weighted by atomic mass is 35.5. The standard InChI is InChI=1S/C23H26ClN5O3S/c1-4-16-6-9-18(10-7-16)33(30,31)23-22-26-21(25-12-5-13-32-15(2)3)19-14-17(24)8-11-20(19)29(22)28-27-23/h6-11,14-15H,4-5,12-13H2,1-3H3,(H,25,26). The van der Waals surface area contributed by atoms with Crippen LogP contribution in [0.15, 0.2) is 52.4 Å². The molecule has 0 fully saturated rings. The minimum Gasteiger partial charge on any atom is -0.379 e. The number of fused-ring (bicyclic) bond motifs is 3. The first-order valence-corrected chi connectivity index (χ1v) is 12.7. The average Bonchev–Trinajstić information content (AvgIpc) is 3.23. The summed E-state index contributed by atoms with van der Waals surface area (Å²) in [5, 5.41) is 12.5. The zero-order valence-corrected chi connectivity index (χ0v) is 20.3. The van der Waals surface area contributed by atoms with E-state index >= 15 is 0 Å². The molecule has 33 heavy (non-hydrogen) atoms. The fourth-order valence-corrected chi connectivity index (χ4v) is 4.90. The average molecular weight is 488 g/mol. The number of ether oxygens (including phenoxy) is 1. The fraction of sp³-hybridized carbons (Fsp3) is 0.348. The van der Waals surface area contributed by atoms with Crippen LogP contribution in [-0.4, -0.2) is 47.5 Å². The minimum absolute atomic E-state index is 0.153. The monoisotopic (exact) mass is 487 g/mol. The number of rotatable bonds is 9. The lowest BCUT2D eigenvalue weighted by Crippen LogP contribution is -2.11. The molecule has 0 atom stereocenters. The molecule has 0 saturated carbocycles. The number of hydrogen-bond donors (Lipinski definition) is 1. The van der Waals surface area contributed by atoms with Gasteiger partial charge in [0.25, 0.3) is 0 Å². The van der Waals surface area contributed by atoms with Gasteiger partial charge in [0, 0.05) is 23.6 Å². The number of hydrogen-bond acceptors (Lipinski definition) is 7. The van der Waals surface area contributed by atoms with E-state index in [4.69, 9.17) is 16.3 Å². The molecule has 0 aliphatic carbocycles. The van der Waals surface area contributed by atoms with Crippen molar-refractivity contribution in [3.63, 3.8) is 0 Å². The van der Waals surface area contributed by atoms with E-state index < -0.39 is 9.84 Å². The molecule has 4 aromatic rings. The third-order valence-corrected chi connectivity index (χ3v) is 7.14. The van der Waals surface area contributed by atoms with Crippen molar-refractivity contribution in [2.75, 3.05) is 18.5 Å². The zero-order chi connectivity index (χ0) is 23.6. The SMILES string of the molecule is CCc1ccc(S(=O)(=O)c2nnn3c2nc(NCCCOC(C)C)c2cc(Cl)ccc23)cc1. The number of nitrogens with zero attached hydrogens (tertiary/aromatic N) is 4. The summed E-state index contributed by atoms with van der Waals surface area (Å²) in [7, 11) is -3.91. The van der Waals surface area contributed by atoms with E-state index in [1.54, 1.807) is 42.5 Å².